The molecule has 0 radical (unpaired) electrons. The highest BCUT2D eigenvalue weighted by atomic mass is 16.5. The number of benzene rings is 3. The van der Waals surface area contributed by atoms with Crippen LogP contribution in [0.1, 0.15) is 40.7 Å². The van der Waals surface area contributed by atoms with Crippen molar-refractivity contribution in [2.24, 2.45) is 0 Å². The van der Waals surface area contributed by atoms with Gasteiger partial charge in [0.15, 0.2) is 0 Å². The molecule has 4 aromatic rings. The molecule has 6 nitrogen and oxygen atoms in total. The smallest absolute Gasteiger partial charge is 0.411 e. The Hall–Kier alpha value is -4.24. The summed E-state index contributed by atoms with van der Waals surface area (Å²) in [5.74, 6) is 0.592. The minimum atomic E-state index is -0.497. The summed E-state index contributed by atoms with van der Waals surface area (Å²) in [6, 6.07) is 23.5. The number of aromatic nitrogens is 1. The number of nitrogens with two attached hydrogens (primary N) is 1. The summed E-state index contributed by atoms with van der Waals surface area (Å²) < 4.78 is 5.37. The molecule has 1 amide bonds. The molecule has 33 heavy (non-hydrogen) atoms. The zero-order chi connectivity index (χ0) is 23.4. The van der Waals surface area contributed by atoms with E-state index in [1.54, 1.807) is 0 Å². The van der Waals surface area contributed by atoms with Gasteiger partial charge in [-0.05, 0) is 41.3 Å². The molecule has 0 saturated carbocycles. The maximum absolute atomic E-state index is 12.4. The van der Waals surface area contributed by atoms with E-state index in [2.05, 4.69) is 23.3 Å². The normalized spacial score (nSPS) is 11.7. The Balaban J connectivity index is 1.56. The van der Waals surface area contributed by atoms with Crippen LogP contribution in [-0.4, -0.2) is 11.1 Å². The van der Waals surface area contributed by atoms with Gasteiger partial charge in [0.1, 0.15) is 12.4 Å². The molecule has 4 N–H and O–H groups in total. The molecule has 4 rings (SSSR count). The van der Waals surface area contributed by atoms with E-state index in [0.717, 1.165) is 38.7 Å². The Morgan fingerprint density at radius 2 is 1.91 bits per heavy atom. The van der Waals surface area contributed by atoms with Gasteiger partial charge < -0.3 is 15.5 Å². The molecule has 0 aliphatic heterocycles. The van der Waals surface area contributed by atoms with Crippen LogP contribution in [0, 0.1) is 18.3 Å². The Morgan fingerprint density at radius 3 is 2.67 bits per heavy atom. The van der Waals surface area contributed by atoms with Crippen LogP contribution >= 0.6 is 0 Å². The highest BCUT2D eigenvalue weighted by molar-refractivity contribution is 5.90. The molecular weight excluding hydrogens is 412 g/mol. The second-order valence-corrected chi connectivity index (χ2v) is 8.10. The Bertz CT molecular complexity index is 1340. The zero-order valence-electron chi connectivity index (χ0n) is 18.7. The average molecular weight is 439 g/mol. The second-order valence-electron chi connectivity index (χ2n) is 8.10. The number of carbonyl (C=O) groups is 1. The number of carbonyl (C=O) groups excluding carboxylic acids is 1. The van der Waals surface area contributed by atoms with Gasteiger partial charge in [0.05, 0.1) is 12.5 Å². The van der Waals surface area contributed by atoms with Crippen LogP contribution in [0.25, 0.3) is 10.9 Å². The van der Waals surface area contributed by atoms with Crippen LogP contribution in [0.3, 0.4) is 0 Å². The number of hydrogen-bond donors (Lipinski definition) is 3. The first-order valence-electron chi connectivity index (χ1n) is 10.8. The van der Waals surface area contributed by atoms with Gasteiger partial charge in [0, 0.05) is 28.1 Å². The number of nitrogens with one attached hydrogen (secondary N) is 2. The molecule has 0 fully saturated rings. The fourth-order valence-corrected chi connectivity index (χ4v) is 4.24. The second kappa shape index (κ2) is 9.49. The van der Waals surface area contributed by atoms with Crippen LogP contribution < -0.4 is 11.1 Å². The molecule has 0 aliphatic carbocycles. The van der Waals surface area contributed by atoms with Crippen LogP contribution in [0.15, 0.2) is 66.7 Å². The summed E-state index contributed by atoms with van der Waals surface area (Å²) in [6.45, 7) is 4.29. The summed E-state index contributed by atoms with van der Waals surface area (Å²) in [5, 5.41) is 12.9. The molecule has 6 heteroatoms. The van der Waals surface area contributed by atoms with Crippen molar-refractivity contribution in [1.29, 1.82) is 5.26 Å². The quantitative estimate of drug-likeness (QED) is 0.342. The number of rotatable bonds is 6. The lowest BCUT2D eigenvalue weighted by atomic mass is 9.88. The Labute approximate surface area is 193 Å². The molecule has 1 heterocycles. The predicted octanol–water partition coefficient (Wildman–Crippen LogP) is 6.03. The topological polar surface area (TPSA) is 104 Å². The van der Waals surface area contributed by atoms with E-state index < -0.39 is 6.09 Å². The first-order chi connectivity index (χ1) is 16.0. The highest BCUT2D eigenvalue weighted by Gasteiger charge is 2.20. The third-order valence-corrected chi connectivity index (χ3v) is 5.94. The SMILES string of the molecule is Cc1c(NC(=O)OCc2ccccc2)cccc1C(C)c1c(N)[nH]c2cc(CC#N)ccc12. The molecular formula is C27H26N4O2. The molecule has 166 valence electrons. The van der Waals surface area contributed by atoms with Gasteiger partial charge in [0.2, 0.25) is 0 Å². The van der Waals surface area contributed by atoms with Crippen molar-refractivity contribution >= 4 is 28.5 Å². The predicted molar refractivity (Wildman–Crippen MR) is 131 cm³/mol. The van der Waals surface area contributed by atoms with Gasteiger partial charge in [-0.25, -0.2) is 4.79 Å². The summed E-state index contributed by atoms with van der Waals surface area (Å²) in [5.41, 5.74) is 12.9. The van der Waals surface area contributed by atoms with Crippen LogP contribution in [0.4, 0.5) is 16.3 Å². The first kappa shape index (κ1) is 22.0. The lowest BCUT2D eigenvalue weighted by Gasteiger charge is -2.18. The number of nitriles is 1. The number of H-pyrrole nitrogens is 1. The van der Waals surface area contributed by atoms with Crippen molar-refractivity contribution in [1.82, 2.24) is 4.98 Å². The lowest BCUT2D eigenvalue weighted by molar-refractivity contribution is 0.155. The van der Waals surface area contributed by atoms with E-state index >= 15 is 0 Å². The van der Waals surface area contributed by atoms with Crippen molar-refractivity contribution in [3.05, 3.63) is 94.5 Å². The van der Waals surface area contributed by atoms with E-state index in [9.17, 15) is 4.79 Å². The van der Waals surface area contributed by atoms with Crippen LogP contribution in [0.5, 0.6) is 0 Å². The fraction of sp³-hybridized carbons (Fsp3) is 0.185. The summed E-state index contributed by atoms with van der Waals surface area (Å²) in [6.07, 6.45) is -0.143. The fourth-order valence-electron chi connectivity index (χ4n) is 4.24. The average Bonchev–Trinajstić information content (AvgIpc) is 3.14. The zero-order valence-corrected chi connectivity index (χ0v) is 18.7. The largest absolute Gasteiger partial charge is 0.444 e. The highest BCUT2D eigenvalue weighted by Crippen LogP contribution is 2.38. The summed E-state index contributed by atoms with van der Waals surface area (Å²) in [4.78, 5) is 15.6. The maximum atomic E-state index is 12.4. The number of ether oxygens (including phenoxy) is 1. The molecule has 0 saturated heterocycles. The number of nitrogen functional groups attached to an aromatic ring is 1. The minimum absolute atomic E-state index is 0.0114. The van der Waals surface area contributed by atoms with Crippen molar-refractivity contribution < 1.29 is 9.53 Å². The molecule has 3 aromatic carbocycles. The van der Waals surface area contributed by atoms with Gasteiger partial charge in [-0.3, -0.25) is 5.32 Å². The van der Waals surface area contributed by atoms with E-state index in [1.165, 1.54) is 0 Å². The monoisotopic (exact) mass is 438 g/mol. The van der Waals surface area contributed by atoms with E-state index in [0.29, 0.717) is 17.9 Å². The van der Waals surface area contributed by atoms with Gasteiger partial charge in [-0.2, -0.15) is 5.26 Å². The van der Waals surface area contributed by atoms with Crippen LogP contribution in [-0.2, 0) is 17.8 Å². The van der Waals surface area contributed by atoms with Crippen molar-refractivity contribution in [2.75, 3.05) is 11.1 Å². The third-order valence-electron chi connectivity index (χ3n) is 5.94. The molecule has 0 aliphatic rings. The number of anilines is 2. The minimum Gasteiger partial charge on any atom is -0.444 e. The summed E-state index contributed by atoms with van der Waals surface area (Å²) >= 11 is 0. The van der Waals surface area contributed by atoms with Crippen molar-refractivity contribution in [3.63, 3.8) is 0 Å². The van der Waals surface area contributed by atoms with Crippen molar-refractivity contribution in [3.8, 4) is 6.07 Å². The number of fused-ring (bicyclic) bond motifs is 1. The van der Waals surface area contributed by atoms with Crippen molar-refractivity contribution in [2.45, 2.75) is 32.8 Å². The number of aromatic amines is 1. The number of hydrogen-bond acceptors (Lipinski definition) is 4. The molecule has 0 spiro atoms. The van der Waals surface area contributed by atoms with E-state index in [-0.39, 0.29) is 12.5 Å². The molecule has 0 bridgehead atoms. The van der Waals surface area contributed by atoms with Gasteiger partial charge in [-0.15, -0.1) is 0 Å². The number of amides is 1. The van der Waals surface area contributed by atoms with Crippen LogP contribution in [0.2, 0.25) is 0 Å². The van der Waals surface area contributed by atoms with E-state index in [1.807, 2.05) is 73.7 Å². The van der Waals surface area contributed by atoms with Gasteiger partial charge >= 0.3 is 6.09 Å². The molecule has 1 unspecified atom stereocenters. The Kier molecular flexibility index (Phi) is 6.32. The number of nitrogens with zero attached hydrogens (tertiary/aromatic N) is 1. The van der Waals surface area contributed by atoms with Gasteiger partial charge in [0.25, 0.3) is 0 Å². The van der Waals surface area contributed by atoms with E-state index in [4.69, 9.17) is 15.7 Å². The molecule has 1 aromatic heterocycles. The maximum Gasteiger partial charge on any atom is 0.411 e. The third kappa shape index (κ3) is 4.68. The Morgan fingerprint density at radius 1 is 1.12 bits per heavy atom. The van der Waals surface area contributed by atoms with Gasteiger partial charge in [-0.1, -0.05) is 61.5 Å². The molecule has 1 atom stereocenters. The standard InChI is InChI=1S/C27H26N4O2/c1-17-21(9-6-10-23(17)31-27(32)33-16-20-7-4-3-5-8-20)18(2)25-22-12-11-19(13-14-28)15-24(22)30-26(25)29/h3-12,15,18,30H,13,16,29H2,1-2H3,(H,31,32). The lowest BCUT2D eigenvalue weighted by Crippen LogP contribution is -2.15. The summed E-state index contributed by atoms with van der Waals surface area (Å²) in [7, 11) is 0. The first-order valence-corrected chi connectivity index (χ1v) is 10.8.